The van der Waals surface area contributed by atoms with Crippen LogP contribution in [0.2, 0.25) is 13.1 Å². The third kappa shape index (κ3) is 2.50. The SMILES string of the molecule is CSCCC1N[Si](C)(C)OC1=O. The second-order valence-corrected chi connectivity index (χ2v) is 7.91. The average molecular weight is 205 g/mol. The fraction of sp³-hybridized carbons (Fsp3) is 0.857. The third-order valence-electron chi connectivity index (χ3n) is 1.77. The van der Waals surface area contributed by atoms with Crippen LogP contribution in [0.15, 0.2) is 0 Å². The van der Waals surface area contributed by atoms with Crippen LogP contribution in [0.25, 0.3) is 0 Å². The van der Waals surface area contributed by atoms with Crippen LogP contribution in [0.5, 0.6) is 0 Å². The van der Waals surface area contributed by atoms with Crippen molar-refractivity contribution >= 4 is 26.2 Å². The molecular formula is C7H15NO2SSi. The van der Waals surface area contributed by atoms with Crippen molar-refractivity contribution in [3.05, 3.63) is 0 Å². The molecule has 1 fully saturated rings. The van der Waals surface area contributed by atoms with E-state index in [0.29, 0.717) is 0 Å². The van der Waals surface area contributed by atoms with E-state index >= 15 is 0 Å². The van der Waals surface area contributed by atoms with E-state index in [4.69, 9.17) is 4.43 Å². The number of nitrogens with one attached hydrogen (secondary N) is 1. The number of hydrogen-bond acceptors (Lipinski definition) is 4. The summed E-state index contributed by atoms with van der Waals surface area (Å²) in [5.74, 6) is 0.956. The molecule has 0 saturated carbocycles. The molecule has 5 heteroatoms. The molecule has 1 aliphatic heterocycles. The fourth-order valence-electron chi connectivity index (χ4n) is 1.26. The molecule has 3 nitrogen and oxygen atoms in total. The Morgan fingerprint density at radius 1 is 1.67 bits per heavy atom. The zero-order valence-electron chi connectivity index (χ0n) is 7.72. The van der Waals surface area contributed by atoms with Crippen LogP contribution in [-0.4, -0.2) is 32.5 Å². The molecule has 0 bridgehead atoms. The normalized spacial score (nSPS) is 27.2. The highest BCUT2D eigenvalue weighted by molar-refractivity contribution is 7.98. The first-order valence-electron chi connectivity index (χ1n) is 4.04. The summed E-state index contributed by atoms with van der Waals surface area (Å²) in [6.45, 7) is 4.01. The monoisotopic (exact) mass is 205 g/mol. The Balaban J connectivity index is 2.42. The van der Waals surface area contributed by atoms with Crippen LogP contribution in [0.4, 0.5) is 0 Å². The van der Waals surface area contributed by atoms with Gasteiger partial charge in [0.1, 0.15) is 6.04 Å². The summed E-state index contributed by atoms with van der Waals surface area (Å²) in [6.07, 6.45) is 2.93. The van der Waals surface area contributed by atoms with E-state index < -0.39 is 8.48 Å². The summed E-state index contributed by atoms with van der Waals surface area (Å²) in [6, 6.07) is -0.0425. The van der Waals surface area contributed by atoms with Crippen molar-refractivity contribution in [3.8, 4) is 0 Å². The van der Waals surface area contributed by atoms with Crippen LogP contribution in [0.1, 0.15) is 6.42 Å². The maximum atomic E-state index is 11.2. The predicted molar refractivity (Wildman–Crippen MR) is 53.5 cm³/mol. The first-order chi connectivity index (χ1) is 5.55. The molecular weight excluding hydrogens is 190 g/mol. The topological polar surface area (TPSA) is 38.3 Å². The first kappa shape index (κ1) is 10.1. The Morgan fingerprint density at radius 3 is 2.75 bits per heavy atom. The van der Waals surface area contributed by atoms with Gasteiger partial charge in [-0.3, -0.25) is 9.78 Å². The molecule has 12 heavy (non-hydrogen) atoms. The van der Waals surface area contributed by atoms with E-state index in [2.05, 4.69) is 4.98 Å². The van der Waals surface area contributed by atoms with E-state index in [1.54, 1.807) is 11.8 Å². The molecule has 1 aliphatic rings. The molecule has 1 N–H and O–H groups in total. The Hall–Kier alpha value is -0.00312. The van der Waals surface area contributed by atoms with E-state index in [1.165, 1.54) is 0 Å². The highest BCUT2D eigenvalue weighted by atomic mass is 32.2. The zero-order chi connectivity index (χ0) is 9.19. The highest BCUT2D eigenvalue weighted by Gasteiger charge is 2.41. The van der Waals surface area contributed by atoms with Gasteiger partial charge in [-0.1, -0.05) is 0 Å². The molecule has 0 aliphatic carbocycles. The Morgan fingerprint density at radius 2 is 2.33 bits per heavy atom. The van der Waals surface area contributed by atoms with E-state index in [9.17, 15) is 4.79 Å². The van der Waals surface area contributed by atoms with Gasteiger partial charge in [-0.15, -0.1) is 0 Å². The van der Waals surface area contributed by atoms with Crippen molar-refractivity contribution in [2.45, 2.75) is 25.6 Å². The zero-order valence-corrected chi connectivity index (χ0v) is 9.53. The average Bonchev–Trinajstić information content (AvgIpc) is 2.20. The number of rotatable bonds is 3. The Bertz CT molecular complexity index is 186. The summed E-state index contributed by atoms with van der Waals surface area (Å²) in [5.41, 5.74) is 0. The summed E-state index contributed by atoms with van der Waals surface area (Å²) < 4.78 is 5.24. The van der Waals surface area contributed by atoms with Gasteiger partial charge in [-0.2, -0.15) is 11.8 Å². The van der Waals surface area contributed by atoms with Crippen molar-refractivity contribution in [3.63, 3.8) is 0 Å². The van der Waals surface area contributed by atoms with Crippen molar-refractivity contribution < 1.29 is 9.22 Å². The lowest BCUT2D eigenvalue weighted by Crippen LogP contribution is -2.43. The summed E-state index contributed by atoms with van der Waals surface area (Å²) >= 11 is 1.76. The largest absolute Gasteiger partial charge is 0.504 e. The van der Waals surface area contributed by atoms with E-state index in [-0.39, 0.29) is 12.0 Å². The Kier molecular flexibility index (Phi) is 3.20. The van der Waals surface area contributed by atoms with Crippen molar-refractivity contribution in [1.82, 2.24) is 4.98 Å². The number of carbonyl (C=O) groups excluding carboxylic acids is 1. The van der Waals surface area contributed by atoms with E-state index in [0.717, 1.165) is 12.2 Å². The van der Waals surface area contributed by atoms with Gasteiger partial charge in [0.15, 0.2) is 0 Å². The maximum Gasteiger partial charge on any atom is 0.326 e. The molecule has 1 saturated heterocycles. The number of thioether (sulfide) groups is 1. The Labute approximate surface area is 78.5 Å². The van der Waals surface area contributed by atoms with Crippen LogP contribution in [0, 0.1) is 0 Å². The van der Waals surface area contributed by atoms with Crippen LogP contribution in [-0.2, 0) is 9.22 Å². The lowest BCUT2D eigenvalue weighted by atomic mass is 10.2. The van der Waals surface area contributed by atoms with Gasteiger partial charge < -0.3 is 4.43 Å². The number of hydrogen-bond donors (Lipinski definition) is 1. The van der Waals surface area contributed by atoms with Gasteiger partial charge in [0.2, 0.25) is 0 Å². The second-order valence-electron chi connectivity index (χ2n) is 3.41. The molecule has 1 heterocycles. The molecule has 0 amide bonds. The number of carbonyl (C=O) groups is 1. The molecule has 0 aromatic heterocycles. The van der Waals surface area contributed by atoms with Crippen LogP contribution < -0.4 is 4.98 Å². The standard InChI is InChI=1S/C7H15NO2SSi/c1-11-5-4-6-7(9)10-12(2,3)8-6/h6,8H,4-5H2,1-3H3. The first-order valence-corrected chi connectivity index (χ1v) is 8.35. The minimum absolute atomic E-state index is 0.0425. The van der Waals surface area contributed by atoms with Gasteiger partial charge in [0, 0.05) is 0 Å². The van der Waals surface area contributed by atoms with Gasteiger partial charge in [0.25, 0.3) is 0 Å². The van der Waals surface area contributed by atoms with Gasteiger partial charge in [-0.05, 0) is 31.5 Å². The molecule has 1 rings (SSSR count). The smallest absolute Gasteiger partial charge is 0.326 e. The quantitative estimate of drug-likeness (QED) is 0.696. The summed E-state index contributed by atoms with van der Waals surface area (Å²) in [4.78, 5) is 14.5. The summed E-state index contributed by atoms with van der Waals surface area (Å²) in [7, 11) is -1.83. The van der Waals surface area contributed by atoms with Crippen molar-refractivity contribution in [2.24, 2.45) is 0 Å². The lowest BCUT2D eigenvalue weighted by Gasteiger charge is -2.11. The molecule has 0 aromatic rings. The minimum Gasteiger partial charge on any atom is -0.504 e. The highest BCUT2D eigenvalue weighted by Crippen LogP contribution is 2.15. The van der Waals surface area contributed by atoms with Crippen molar-refractivity contribution in [1.29, 1.82) is 0 Å². The maximum absolute atomic E-state index is 11.2. The molecule has 0 spiro atoms. The van der Waals surface area contributed by atoms with Gasteiger partial charge >= 0.3 is 14.4 Å². The molecule has 1 atom stereocenters. The van der Waals surface area contributed by atoms with E-state index in [1.807, 2.05) is 19.3 Å². The van der Waals surface area contributed by atoms with Gasteiger partial charge in [0.05, 0.1) is 0 Å². The molecule has 1 unspecified atom stereocenters. The van der Waals surface area contributed by atoms with Gasteiger partial charge in [-0.25, -0.2) is 0 Å². The van der Waals surface area contributed by atoms with Crippen LogP contribution >= 0.6 is 11.8 Å². The lowest BCUT2D eigenvalue weighted by molar-refractivity contribution is -0.134. The fourth-order valence-corrected chi connectivity index (χ4v) is 3.53. The van der Waals surface area contributed by atoms with Crippen LogP contribution in [0.3, 0.4) is 0 Å². The minimum atomic E-state index is -1.83. The van der Waals surface area contributed by atoms with Crippen molar-refractivity contribution in [2.75, 3.05) is 12.0 Å². The second kappa shape index (κ2) is 3.80. The molecule has 0 radical (unpaired) electrons. The summed E-state index contributed by atoms with van der Waals surface area (Å²) in [5, 5.41) is 0. The predicted octanol–water partition coefficient (Wildman–Crippen LogP) is 0.956. The molecule has 70 valence electrons. The third-order valence-corrected chi connectivity index (χ3v) is 4.17. The molecule has 0 aromatic carbocycles.